The molecule has 12 heteroatoms. The summed E-state index contributed by atoms with van der Waals surface area (Å²) in [5.74, 6) is -1.87. The normalized spacial score (nSPS) is 23.0. The minimum absolute atomic E-state index is 0.112. The number of carbonyl (C=O) groups is 2. The van der Waals surface area contributed by atoms with Crippen LogP contribution in [0.15, 0.2) is 40.9 Å². The maximum Gasteiger partial charge on any atom is 0.351 e. The molecule has 0 saturated heterocycles. The van der Waals surface area contributed by atoms with E-state index in [9.17, 15) is 22.4 Å². The van der Waals surface area contributed by atoms with Crippen molar-refractivity contribution in [3.63, 3.8) is 0 Å². The minimum atomic E-state index is -4.32. The Balaban J connectivity index is 1.66. The molecule has 1 saturated carbocycles. The number of nitriles is 1. The molecule has 0 radical (unpaired) electrons. The number of rotatable bonds is 5. The van der Waals surface area contributed by atoms with E-state index in [4.69, 9.17) is 5.26 Å². The zero-order valence-electron chi connectivity index (χ0n) is 15.2. The van der Waals surface area contributed by atoms with E-state index in [0.717, 1.165) is 17.1 Å². The second-order valence-electron chi connectivity index (χ2n) is 7.06. The summed E-state index contributed by atoms with van der Waals surface area (Å²) in [7, 11) is -2.64. The van der Waals surface area contributed by atoms with Gasteiger partial charge in [-0.1, -0.05) is 0 Å². The van der Waals surface area contributed by atoms with E-state index < -0.39 is 38.6 Å². The fourth-order valence-corrected chi connectivity index (χ4v) is 4.69. The van der Waals surface area contributed by atoms with Crippen molar-refractivity contribution in [3.8, 4) is 6.07 Å². The Morgan fingerprint density at radius 2 is 2.14 bits per heavy atom. The van der Waals surface area contributed by atoms with Crippen LogP contribution in [0.25, 0.3) is 0 Å². The average Bonchev–Trinajstić information content (AvgIpc) is 3.29. The Morgan fingerprint density at radius 3 is 2.72 bits per heavy atom. The Morgan fingerprint density at radius 1 is 1.41 bits per heavy atom. The number of carbonyl (C=O) groups excluding carboxylic acids is 2. The molecule has 10 nitrogen and oxygen atoms in total. The molecule has 1 aromatic heterocycles. The molecule has 3 aliphatic rings. The van der Waals surface area contributed by atoms with Crippen LogP contribution in [0, 0.1) is 11.3 Å². The van der Waals surface area contributed by atoms with Crippen LogP contribution in [0.2, 0.25) is 0 Å². The number of sulfonamides is 1. The van der Waals surface area contributed by atoms with Crippen molar-refractivity contribution in [3.05, 3.63) is 41.5 Å². The first-order valence-electron chi connectivity index (χ1n) is 8.59. The average molecular weight is 418 g/mol. The molecular formula is C17H15FN6O4S. The van der Waals surface area contributed by atoms with E-state index in [2.05, 4.69) is 14.8 Å². The molecule has 2 heterocycles. The van der Waals surface area contributed by atoms with Gasteiger partial charge in [0.05, 0.1) is 30.1 Å². The third-order valence-corrected chi connectivity index (χ3v) is 6.50. The molecule has 1 fully saturated rings. The lowest BCUT2D eigenvalue weighted by molar-refractivity contribution is -0.124. The lowest BCUT2D eigenvalue weighted by Gasteiger charge is -2.27. The number of nitrogens with one attached hydrogen (secondary N) is 1. The fourth-order valence-electron chi connectivity index (χ4n) is 3.09. The van der Waals surface area contributed by atoms with Crippen LogP contribution in [0.5, 0.6) is 0 Å². The van der Waals surface area contributed by atoms with E-state index in [0.29, 0.717) is 18.4 Å². The molecule has 0 aromatic carbocycles. The molecule has 1 atom stereocenters. The van der Waals surface area contributed by atoms with Gasteiger partial charge in [-0.15, -0.1) is 0 Å². The molecule has 29 heavy (non-hydrogen) atoms. The van der Waals surface area contributed by atoms with Gasteiger partial charge < -0.3 is 0 Å². The van der Waals surface area contributed by atoms with Gasteiger partial charge in [0.25, 0.3) is 5.91 Å². The van der Waals surface area contributed by atoms with E-state index in [1.54, 1.807) is 13.2 Å². The zero-order chi connectivity index (χ0) is 21.0. The van der Waals surface area contributed by atoms with Crippen LogP contribution in [0.1, 0.15) is 18.4 Å². The number of allylic oxidation sites excluding steroid dienone is 1. The number of aliphatic imine (C=N–C) groups is 1. The second-order valence-corrected chi connectivity index (χ2v) is 8.87. The van der Waals surface area contributed by atoms with Crippen LogP contribution in [0.4, 0.5) is 9.18 Å². The maximum absolute atomic E-state index is 14.5. The number of halogens is 1. The lowest BCUT2D eigenvalue weighted by atomic mass is 9.99. The Bertz CT molecular complexity index is 1170. The Hall–Kier alpha value is -3.17. The van der Waals surface area contributed by atoms with Gasteiger partial charge in [-0.05, 0) is 25.0 Å². The predicted molar refractivity (Wildman–Crippen MR) is 97.3 cm³/mol. The van der Waals surface area contributed by atoms with Gasteiger partial charge >= 0.3 is 6.03 Å². The number of amides is 3. The zero-order valence-corrected chi connectivity index (χ0v) is 16.0. The number of aromatic nitrogens is 2. The van der Waals surface area contributed by atoms with Crippen LogP contribution < -0.4 is 4.72 Å². The van der Waals surface area contributed by atoms with Crippen molar-refractivity contribution >= 4 is 27.7 Å². The third-order valence-electron chi connectivity index (χ3n) is 4.80. The highest BCUT2D eigenvalue weighted by Crippen LogP contribution is 2.37. The Kier molecular flexibility index (Phi) is 4.25. The summed E-state index contributed by atoms with van der Waals surface area (Å²) in [4.78, 5) is 29.6. The number of urea groups is 1. The molecule has 3 amide bonds. The van der Waals surface area contributed by atoms with E-state index in [-0.39, 0.29) is 17.8 Å². The van der Waals surface area contributed by atoms with Gasteiger partial charge in [-0.3, -0.25) is 14.4 Å². The van der Waals surface area contributed by atoms with E-state index >= 15 is 0 Å². The smallest absolute Gasteiger partial charge is 0.275 e. The summed E-state index contributed by atoms with van der Waals surface area (Å²) in [5, 5.41) is 11.3. The number of hydrogen-bond acceptors (Lipinski definition) is 6. The summed E-state index contributed by atoms with van der Waals surface area (Å²) in [6.45, 7) is -0.112. The number of fused-ring (bicyclic) bond motifs is 1. The van der Waals surface area contributed by atoms with Gasteiger partial charge in [0.2, 0.25) is 10.0 Å². The van der Waals surface area contributed by atoms with Crippen LogP contribution in [0.3, 0.4) is 0 Å². The van der Waals surface area contributed by atoms with Crippen molar-refractivity contribution in [2.75, 3.05) is 0 Å². The van der Waals surface area contributed by atoms with Gasteiger partial charge in [0, 0.05) is 18.8 Å². The van der Waals surface area contributed by atoms with Gasteiger partial charge in [0.15, 0.2) is 0 Å². The number of imide groups is 1. The van der Waals surface area contributed by atoms with E-state index in [1.807, 2.05) is 6.07 Å². The SMILES string of the molecule is Cn1cc(CN2C(=O)N=C3C=C(F)C(S(=O)(=O)NC4(C#N)CC4)C=C3C2=O)cn1. The largest absolute Gasteiger partial charge is 0.351 e. The van der Waals surface area contributed by atoms with Gasteiger partial charge in [0.1, 0.15) is 16.6 Å². The highest BCUT2D eigenvalue weighted by Gasteiger charge is 2.49. The highest BCUT2D eigenvalue weighted by atomic mass is 32.2. The summed E-state index contributed by atoms with van der Waals surface area (Å²) in [6, 6.07) is 0.987. The second kappa shape index (κ2) is 6.43. The molecule has 1 aromatic rings. The molecule has 4 rings (SSSR count). The molecule has 150 valence electrons. The van der Waals surface area contributed by atoms with E-state index in [1.165, 1.54) is 10.9 Å². The number of hydrogen-bond donors (Lipinski definition) is 1. The fraction of sp³-hybridized carbons (Fsp3) is 0.353. The first kappa shape index (κ1) is 19.2. The number of aryl methyl sites for hydroxylation is 1. The summed E-state index contributed by atoms with van der Waals surface area (Å²) >= 11 is 0. The Labute approximate surface area is 165 Å². The topological polar surface area (TPSA) is 138 Å². The standard InChI is InChI=1S/C17H15FN6O4S/c1-23-7-10(6-20-23)8-24-15(25)11-4-14(12(18)5-13(11)21-16(24)26)29(27,28)22-17(9-19)2-3-17/h4-7,14,22H,2-3,8H2,1H3. The molecule has 1 aliphatic heterocycles. The first-order chi connectivity index (χ1) is 13.6. The monoisotopic (exact) mass is 418 g/mol. The molecule has 2 aliphatic carbocycles. The van der Waals surface area contributed by atoms with Crippen LogP contribution in [-0.2, 0) is 28.4 Å². The van der Waals surface area contributed by atoms with Gasteiger partial charge in [-0.25, -0.2) is 17.6 Å². The summed E-state index contributed by atoms with van der Waals surface area (Å²) in [6.07, 6.45) is 5.44. The summed E-state index contributed by atoms with van der Waals surface area (Å²) in [5.41, 5.74) is -1.08. The predicted octanol–water partition coefficient (Wildman–Crippen LogP) is 0.461. The lowest BCUT2D eigenvalue weighted by Crippen LogP contribution is -2.46. The van der Waals surface area contributed by atoms with Crippen molar-refractivity contribution < 1.29 is 22.4 Å². The molecule has 0 spiro atoms. The van der Waals surface area contributed by atoms with Crippen molar-refractivity contribution in [1.29, 1.82) is 5.26 Å². The maximum atomic E-state index is 14.5. The van der Waals surface area contributed by atoms with Crippen LogP contribution >= 0.6 is 0 Å². The molecule has 1 N–H and O–H groups in total. The minimum Gasteiger partial charge on any atom is -0.275 e. The molecule has 1 unspecified atom stereocenters. The van der Waals surface area contributed by atoms with Crippen molar-refractivity contribution in [2.24, 2.45) is 12.0 Å². The first-order valence-corrected chi connectivity index (χ1v) is 10.1. The summed E-state index contributed by atoms with van der Waals surface area (Å²) < 4.78 is 43.4. The number of nitrogens with zero attached hydrogens (tertiary/aromatic N) is 5. The van der Waals surface area contributed by atoms with Crippen molar-refractivity contribution in [1.82, 2.24) is 19.4 Å². The molecular weight excluding hydrogens is 403 g/mol. The third kappa shape index (κ3) is 3.39. The van der Waals surface area contributed by atoms with Crippen molar-refractivity contribution in [2.45, 2.75) is 30.2 Å². The highest BCUT2D eigenvalue weighted by molar-refractivity contribution is 7.90. The quantitative estimate of drug-likeness (QED) is 0.737. The molecule has 0 bridgehead atoms. The van der Waals surface area contributed by atoms with Crippen LogP contribution in [-0.4, -0.2) is 51.5 Å². The van der Waals surface area contributed by atoms with Gasteiger partial charge in [-0.2, -0.15) is 20.1 Å².